The zero-order valence-corrected chi connectivity index (χ0v) is 11.3. The van der Waals surface area contributed by atoms with Crippen LogP contribution < -0.4 is 5.73 Å². The molecule has 0 amide bonds. The molecule has 0 saturated carbocycles. The van der Waals surface area contributed by atoms with E-state index in [4.69, 9.17) is 10.5 Å². The molecule has 3 N–H and O–H groups in total. The van der Waals surface area contributed by atoms with Crippen molar-refractivity contribution in [1.29, 1.82) is 0 Å². The first-order chi connectivity index (χ1) is 9.78. The lowest BCUT2D eigenvalue weighted by Gasteiger charge is -2.40. The summed E-state index contributed by atoms with van der Waals surface area (Å²) in [6.45, 7) is 0.834. The van der Waals surface area contributed by atoms with Gasteiger partial charge in [0.2, 0.25) is 0 Å². The largest absolute Gasteiger partial charge is 0.416 e. The standard InChI is InChI=1S/C14H17F4NO2/c15-11-6-9(5-10(7-11)14(16,17)18)12(20)13(8-19)1-3-21-4-2-13/h5-7,12,20H,1-4,8,19H2. The molecule has 21 heavy (non-hydrogen) atoms. The molecule has 3 nitrogen and oxygen atoms in total. The summed E-state index contributed by atoms with van der Waals surface area (Å²) < 4.78 is 56.9. The van der Waals surface area contributed by atoms with Gasteiger partial charge in [0, 0.05) is 25.2 Å². The first-order valence-corrected chi connectivity index (χ1v) is 6.62. The van der Waals surface area contributed by atoms with E-state index in [9.17, 15) is 22.7 Å². The van der Waals surface area contributed by atoms with E-state index in [0.717, 1.165) is 12.1 Å². The molecule has 0 aliphatic carbocycles. The van der Waals surface area contributed by atoms with E-state index in [1.807, 2.05) is 0 Å². The van der Waals surface area contributed by atoms with Crippen LogP contribution in [-0.4, -0.2) is 24.9 Å². The lowest BCUT2D eigenvalue weighted by Crippen LogP contribution is -2.41. The SMILES string of the molecule is NCC1(C(O)c2cc(F)cc(C(F)(F)F)c2)CCOCC1. The molecule has 0 bridgehead atoms. The number of alkyl halides is 3. The van der Waals surface area contributed by atoms with Crippen LogP contribution in [0.5, 0.6) is 0 Å². The van der Waals surface area contributed by atoms with Crippen molar-refractivity contribution in [2.45, 2.75) is 25.1 Å². The van der Waals surface area contributed by atoms with Gasteiger partial charge in [0.25, 0.3) is 0 Å². The Morgan fingerprint density at radius 2 is 1.86 bits per heavy atom. The fourth-order valence-electron chi connectivity index (χ4n) is 2.65. The number of hydrogen-bond donors (Lipinski definition) is 2. The highest BCUT2D eigenvalue weighted by atomic mass is 19.4. The van der Waals surface area contributed by atoms with Crippen LogP contribution in [0.4, 0.5) is 17.6 Å². The van der Waals surface area contributed by atoms with Crippen molar-refractivity contribution in [3.63, 3.8) is 0 Å². The molecule has 7 heteroatoms. The van der Waals surface area contributed by atoms with E-state index >= 15 is 0 Å². The van der Waals surface area contributed by atoms with Crippen molar-refractivity contribution in [2.75, 3.05) is 19.8 Å². The van der Waals surface area contributed by atoms with Gasteiger partial charge in [0.1, 0.15) is 5.82 Å². The summed E-state index contributed by atoms with van der Waals surface area (Å²) in [5.74, 6) is -1.03. The maximum atomic E-state index is 13.4. The van der Waals surface area contributed by atoms with Crippen LogP contribution in [0.2, 0.25) is 0 Å². The highest BCUT2D eigenvalue weighted by Crippen LogP contribution is 2.43. The zero-order chi connectivity index (χ0) is 15.7. The molecule has 0 radical (unpaired) electrons. The molecule has 1 aromatic rings. The summed E-state index contributed by atoms with van der Waals surface area (Å²) in [7, 11) is 0. The highest BCUT2D eigenvalue weighted by Gasteiger charge is 2.40. The predicted octanol–water partition coefficient (Wildman–Crippen LogP) is 2.63. The van der Waals surface area contributed by atoms with E-state index < -0.39 is 29.1 Å². The van der Waals surface area contributed by atoms with Gasteiger partial charge in [-0.2, -0.15) is 13.2 Å². The minimum absolute atomic E-state index is 0.0926. The van der Waals surface area contributed by atoms with Gasteiger partial charge in [-0.25, -0.2) is 4.39 Å². The molecule has 118 valence electrons. The van der Waals surface area contributed by atoms with Gasteiger partial charge in [-0.3, -0.25) is 0 Å². The maximum Gasteiger partial charge on any atom is 0.416 e. The summed E-state index contributed by atoms with van der Waals surface area (Å²) in [4.78, 5) is 0. The molecule has 1 heterocycles. The maximum absolute atomic E-state index is 13.4. The Morgan fingerprint density at radius 1 is 1.24 bits per heavy atom. The molecule has 1 aliphatic rings. The van der Waals surface area contributed by atoms with Crippen molar-refractivity contribution in [3.8, 4) is 0 Å². The topological polar surface area (TPSA) is 55.5 Å². The number of halogens is 4. The van der Waals surface area contributed by atoms with Crippen LogP contribution in [0.25, 0.3) is 0 Å². The third-order valence-corrected chi connectivity index (χ3v) is 4.04. The molecule has 2 rings (SSSR count). The van der Waals surface area contributed by atoms with Crippen molar-refractivity contribution >= 4 is 0 Å². The summed E-state index contributed by atoms with van der Waals surface area (Å²) >= 11 is 0. The number of aliphatic hydroxyl groups excluding tert-OH is 1. The quantitative estimate of drug-likeness (QED) is 0.844. The number of aliphatic hydroxyl groups is 1. The van der Waals surface area contributed by atoms with Crippen LogP contribution in [0, 0.1) is 11.2 Å². The third kappa shape index (κ3) is 3.36. The first-order valence-electron chi connectivity index (χ1n) is 6.62. The Hall–Kier alpha value is -1.18. The summed E-state index contributed by atoms with van der Waals surface area (Å²) in [5.41, 5.74) is 3.71. The number of ether oxygens (including phenoxy) is 1. The van der Waals surface area contributed by atoms with Gasteiger partial charge in [-0.1, -0.05) is 0 Å². The van der Waals surface area contributed by atoms with Crippen LogP contribution in [-0.2, 0) is 10.9 Å². The second kappa shape index (κ2) is 5.90. The van der Waals surface area contributed by atoms with E-state index in [2.05, 4.69) is 0 Å². The molecular weight excluding hydrogens is 290 g/mol. The molecule has 1 fully saturated rings. The van der Waals surface area contributed by atoms with Crippen molar-refractivity contribution in [1.82, 2.24) is 0 Å². The molecule has 0 aromatic heterocycles. The van der Waals surface area contributed by atoms with E-state index in [1.54, 1.807) is 0 Å². The molecule has 1 unspecified atom stereocenters. The van der Waals surface area contributed by atoms with E-state index in [0.29, 0.717) is 32.1 Å². The van der Waals surface area contributed by atoms with Gasteiger partial charge in [-0.05, 0) is 36.6 Å². The smallest absolute Gasteiger partial charge is 0.388 e. The second-order valence-electron chi connectivity index (χ2n) is 5.35. The molecular formula is C14H17F4NO2. The Bertz CT molecular complexity index is 498. The molecule has 1 aromatic carbocycles. The van der Waals surface area contributed by atoms with Gasteiger partial charge < -0.3 is 15.6 Å². The fourth-order valence-corrected chi connectivity index (χ4v) is 2.65. The van der Waals surface area contributed by atoms with Crippen LogP contribution in [0.15, 0.2) is 18.2 Å². The minimum Gasteiger partial charge on any atom is -0.388 e. The fraction of sp³-hybridized carbons (Fsp3) is 0.571. The van der Waals surface area contributed by atoms with Crippen molar-refractivity contribution < 1.29 is 27.4 Å². The molecule has 0 spiro atoms. The normalized spacial score (nSPS) is 20.3. The average Bonchev–Trinajstić information content (AvgIpc) is 2.45. The summed E-state index contributed by atoms with van der Waals surface area (Å²) in [5, 5.41) is 10.4. The number of rotatable bonds is 3. The van der Waals surface area contributed by atoms with Gasteiger partial charge in [0.05, 0.1) is 11.7 Å². The lowest BCUT2D eigenvalue weighted by atomic mass is 9.73. The predicted molar refractivity (Wildman–Crippen MR) is 67.9 cm³/mol. The van der Waals surface area contributed by atoms with Crippen molar-refractivity contribution in [3.05, 3.63) is 35.1 Å². The van der Waals surface area contributed by atoms with Crippen LogP contribution in [0.3, 0.4) is 0 Å². The third-order valence-electron chi connectivity index (χ3n) is 4.04. The van der Waals surface area contributed by atoms with Crippen LogP contribution >= 0.6 is 0 Å². The minimum atomic E-state index is -4.66. The number of benzene rings is 1. The summed E-state index contributed by atoms with van der Waals surface area (Å²) in [6, 6.07) is 2.11. The average molecular weight is 307 g/mol. The Kier molecular flexibility index (Phi) is 4.55. The second-order valence-corrected chi connectivity index (χ2v) is 5.35. The molecule has 1 aliphatic heterocycles. The molecule has 1 atom stereocenters. The van der Waals surface area contributed by atoms with Crippen LogP contribution in [0.1, 0.15) is 30.1 Å². The number of hydrogen-bond acceptors (Lipinski definition) is 3. The Balaban J connectivity index is 2.38. The number of nitrogens with two attached hydrogens (primary N) is 1. The lowest BCUT2D eigenvalue weighted by molar-refractivity contribution is -0.138. The Labute approximate surface area is 119 Å². The van der Waals surface area contributed by atoms with E-state index in [-0.39, 0.29) is 12.1 Å². The van der Waals surface area contributed by atoms with Gasteiger partial charge >= 0.3 is 6.18 Å². The van der Waals surface area contributed by atoms with Gasteiger partial charge in [-0.15, -0.1) is 0 Å². The molecule has 1 saturated heterocycles. The van der Waals surface area contributed by atoms with E-state index in [1.165, 1.54) is 0 Å². The zero-order valence-electron chi connectivity index (χ0n) is 11.3. The van der Waals surface area contributed by atoms with Gasteiger partial charge in [0.15, 0.2) is 0 Å². The van der Waals surface area contributed by atoms with Crippen molar-refractivity contribution in [2.24, 2.45) is 11.1 Å². The monoisotopic (exact) mass is 307 g/mol. The summed E-state index contributed by atoms with van der Waals surface area (Å²) in [6.07, 6.45) is -5.09. The first kappa shape index (κ1) is 16.2. The Morgan fingerprint density at radius 3 is 2.38 bits per heavy atom. The highest BCUT2D eigenvalue weighted by molar-refractivity contribution is 5.29.